The molecule has 268 valence electrons. The molecule has 2 heterocycles. The summed E-state index contributed by atoms with van der Waals surface area (Å²) in [7, 11) is 0. The van der Waals surface area contributed by atoms with Crippen molar-refractivity contribution in [3.05, 3.63) is 204 Å². The van der Waals surface area contributed by atoms with Crippen LogP contribution in [0.1, 0.15) is 48.6 Å². The highest BCUT2D eigenvalue weighted by molar-refractivity contribution is 5.93. The molecule has 0 bridgehead atoms. The van der Waals surface area contributed by atoms with Crippen LogP contribution in [-0.2, 0) is 5.41 Å². The molecule has 3 nitrogen and oxygen atoms in total. The van der Waals surface area contributed by atoms with E-state index in [-0.39, 0.29) is 17.3 Å². The number of fused-ring (bicyclic) bond motifs is 7. The highest BCUT2D eigenvalue weighted by Gasteiger charge is 2.53. The summed E-state index contributed by atoms with van der Waals surface area (Å²) < 4.78 is 2.47. The van der Waals surface area contributed by atoms with Gasteiger partial charge in [-0.1, -0.05) is 165 Å². The van der Waals surface area contributed by atoms with Crippen LogP contribution in [0.4, 0.5) is 0 Å². The van der Waals surface area contributed by atoms with Gasteiger partial charge in [-0.3, -0.25) is 0 Å². The van der Waals surface area contributed by atoms with Crippen LogP contribution in [-0.4, -0.2) is 14.5 Å². The smallest absolute Gasteiger partial charge is 0.0973 e. The maximum Gasteiger partial charge on any atom is 0.0973 e. The zero-order valence-electron chi connectivity index (χ0n) is 31.6. The molecule has 3 heteroatoms. The van der Waals surface area contributed by atoms with Crippen molar-refractivity contribution in [3.63, 3.8) is 0 Å². The molecular formula is C53H41N3. The van der Waals surface area contributed by atoms with Gasteiger partial charge in [0.15, 0.2) is 0 Å². The number of allylic oxidation sites excluding steroid dienone is 5. The lowest BCUT2D eigenvalue weighted by Crippen LogP contribution is -2.40. The Kier molecular flexibility index (Phi) is 7.47. The molecule has 8 aromatic rings. The molecule has 3 aliphatic carbocycles. The summed E-state index contributed by atoms with van der Waals surface area (Å²) in [6, 6.07) is 54.8. The third kappa shape index (κ3) is 4.77. The fraction of sp³-hybridized carbons (Fsp3) is 0.132. The van der Waals surface area contributed by atoms with Gasteiger partial charge in [-0.05, 0) is 82.5 Å². The number of hydrogen-bond donors (Lipinski definition) is 0. The Hall–Kier alpha value is -6.58. The predicted octanol–water partition coefficient (Wildman–Crippen LogP) is 13.1. The SMILES string of the molecule is CC1C=CC=C(C2(C3C=Cc4c(c5ccccc5n4-c4ccc(-c5nc6ccccc6nc5-c5ccccc5)cc4)C3C)c3ccccc3-c3ccccc32)C1. The summed E-state index contributed by atoms with van der Waals surface area (Å²) in [5.74, 6) is 0.941. The Morgan fingerprint density at radius 2 is 1.18 bits per heavy atom. The molecule has 0 radical (unpaired) electrons. The van der Waals surface area contributed by atoms with Crippen LogP contribution in [0, 0.1) is 11.8 Å². The van der Waals surface area contributed by atoms with Crippen LogP contribution in [0.2, 0.25) is 0 Å². The highest BCUT2D eigenvalue weighted by Crippen LogP contribution is 2.62. The van der Waals surface area contributed by atoms with Gasteiger partial charge in [0, 0.05) is 33.5 Å². The zero-order chi connectivity index (χ0) is 37.4. The van der Waals surface area contributed by atoms with Gasteiger partial charge in [0.25, 0.3) is 0 Å². The first kappa shape index (κ1) is 32.8. The number of hydrogen-bond acceptors (Lipinski definition) is 2. The summed E-state index contributed by atoms with van der Waals surface area (Å²) in [5, 5.41) is 1.32. The number of aromatic nitrogens is 3. The van der Waals surface area contributed by atoms with Crippen molar-refractivity contribution in [2.24, 2.45) is 11.8 Å². The maximum absolute atomic E-state index is 5.18. The van der Waals surface area contributed by atoms with E-state index in [1.165, 1.54) is 50.0 Å². The largest absolute Gasteiger partial charge is 0.310 e. The number of nitrogens with zero attached hydrogens (tertiary/aromatic N) is 3. The number of para-hydroxylation sites is 3. The first-order valence-corrected chi connectivity index (χ1v) is 19.9. The molecule has 0 spiro atoms. The Balaban J connectivity index is 1.07. The van der Waals surface area contributed by atoms with Crippen LogP contribution < -0.4 is 0 Å². The fourth-order valence-electron chi connectivity index (χ4n) is 10.4. The lowest BCUT2D eigenvalue weighted by atomic mass is 9.56. The minimum Gasteiger partial charge on any atom is -0.310 e. The van der Waals surface area contributed by atoms with Gasteiger partial charge < -0.3 is 4.57 Å². The molecule has 0 fully saturated rings. The van der Waals surface area contributed by atoms with Gasteiger partial charge in [-0.15, -0.1) is 0 Å². The van der Waals surface area contributed by atoms with E-state index < -0.39 is 0 Å². The molecule has 0 aliphatic heterocycles. The van der Waals surface area contributed by atoms with Crippen LogP contribution in [0.15, 0.2) is 182 Å². The van der Waals surface area contributed by atoms with E-state index in [1.54, 1.807) is 0 Å². The topological polar surface area (TPSA) is 30.7 Å². The molecule has 0 N–H and O–H groups in total. The summed E-state index contributed by atoms with van der Waals surface area (Å²) in [6.45, 7) is 4.83. The van der Waals surface area contributed by atoms with E-state index in [0.717, 1.165) is 45.7 Å². The standard InChI is InChI=1S/C53H41N3/c1-34-15-14-18-38(33-34)53(44-22-9-6-19-40(44)41-20-7-10-23-45(41)53)43-31-32-49-50(35(43)2)42-21-8-13-26-48(42)56(49)39-29-27-37(28-30-39)52-51(36-16-4-3-5-17-36)54-46-24-11-12-25-47(46)55-52/h3-32,34-35,43H,33H2,1-2H3. The molecule has 0 amide bonds. The van der Waals surface area contributed by atoms with Crippen LogP contribution >= 0.6 is 0 Å². The first-order valence-electron chi connectivity index (χ1n) is 19.9. The monoisotopic (exact) mass is 719 g/mol. The van der Waals surface area contributed by atoms with E-state index in [0.29, 0.717) is 5.92 Å². The van der Waals surface area contributed by atoms with Crippen LogP contribution in [0.25, 0.3) is 67.3 Å². The van der Waals surface area contributed by atoms with Crippen molar-refractivity contribution in [2.75, 3.05) is 0 Å². The van der Waals surface area contributed by atoms with Gasteiger partial charge in [0.1, 0.15) is 0 Å². The lowest BCUT2D eigenvalue weighted by Gasteiger charge is -2.46. The van der Waals surface area contributed by atoms with Crippen molar-refractivity contribution in [2.45, 2.75) is 31.6 Å². The molecule has 3 aliphatic rings. The van der Waals surface area contributed by atoms with E-state index in [1.807, 2.05) is 30.3 Å². The molecule has 2 aromatic heterocycles. The average Bonchev–Trinajstić information content (AvgIpc) is 3.75. The fourth-order valence-corrected chi connectivity index (χ4v) is 10.4. The van der Waals surface area contributed by atoms with Gasteiger partial charge in [-0.2, -0.15) is 0 Å². The normalized spacial score (nSPS) is 19.1. The van der Waals surface area contributed by atoms with E-state index in [9.17, 15) is 0 Å². The lowest BCUT2D eigenvalue weighted by molar-refractivity contribution is 0.374. The minimum absolute atomic E-state index is 0.217. The second kappa shape index (κ2) is 12.7. The van der Waals surface area contributed by atoms with Gasteiger partial charge in [0.05, 0.1) is 33.6 Å². The summed E-state index contributed by atoms with van der Waals surface area (Å²) in [4.78, 5) is 10.3. The number of rotatable bonds is 5. The van der Waals surface area contributed by atoms with E-state index in [4.69, 9.17) is 9.97 Å². The second-order valence-electron chi connectivity index (χ2n) is 15.8. The quantitative estimate of drug-likeness (QED) is 0.177. The Morgan fingerprint density at radius 1 is 0.589 bits per heavy atom. The van der Waals surface area contributed by atoms with Crippen molar-refractivity contribution in [1.29, 1.82) is 0 Å². The predicted molar refractivity (Wildman–Crippen MR) is 232 cm³/mol. The summed E-state index contributed by atoms with van der Waals surface area (Å²) in [5.41, 5.74) is 17.6. The van der Waals surface area contributed by atoms with Crippen molar-refractivity contribution >= 4 is 28.0 Å². The molecule has 0 saturated carbocycles. The first-order chi connectivity index (χ1) is 27.6. The Labute approximate surface area is 328 Å². The number of benzene rings is 6. The second-order valence-corrected chi connectivity index (χ2v) is 15.8. The van der Waals surface area contributed by atoms with Gasteiger partial charge in [-0.25, -0.2) is 9.97 Å². The Bertz CT molecular complexity index is 2880. The Morgan fingerprint density at radius 3 is 1.86 bits per heavy atom. The maximum atomic E-state index is 5.18. The van der Waals surface area contributed by atoms with E-state index in [2.05, 4.69) is 170 Å². The van der Waals surface area contributed by atoms with Crippen molar-refractivity contribution < 1.29 is 0 Å². The molecular weight excluding hydrogens is 679 g/mol. The summed E-state index contributed by atoms with van der Waals surface area (Å²) in [6.07, 6.45) is 13.1. The minimum atomic E-state index is -0.276. The third-order valence-electron chi connectivity index (χ3n) is 12.7. The average molecular weight is 720 g/mol. The zero-order valence-corrected chi connectivity index (χ0v) is 31.6. The van der Waals surface area contributed by atoms with Crippen LogP contribution in [0.3, 0.4) is 0 Å². The van der Waals surface area contributed by atoms with Crippen molar-refractivity contribution in [3.8, 4) is 39.3 Å². The molecule has 3 unspecified atom stereocenters. The molecule has 3 atom stereocenters. The van der Waals surface area contributed by atoms with E-state index >= 15 is 0 Å². The summed E-state index contributed by atoms with van der Waals surface area (Å²) >= 11 is 0. The molecule has 56 heavy (non-hydrogen) atoms. The molecule has 6 aromatic carbocycles. The third-order valence-corrected chi connectivity index (χ3v) is 12.7. The van der Waals surface area contributed by atoms with Gasteiger partial charge >= 0.3 is 0 Å². The van der Waals surface area contributed by atoms with Crippen LogP contribution in [0.5, 0.6) is 0 Å². The van der Waals surface area contributed by atoms with Gasteiger partial charge in [0.2, 0.25) is 0 Å². The molecule has 0 saturated heterocycles. The highest BCUT2D eigenvalue weighted by atomic mass is 15.0. The van der Waals surface area contributed by atoms with Crippen molar-refractivity contribution in [1.82, 2.24) is 14.5 Å². The molecule has 11 rings (SSSR count).